The number of hydrogen-bond donors (Lipinski definition) is 1. The Morgan fingerprint density at radius 3 is 3.15 bits per heavy atom. The fraction of sp³-hybridized carbons (Fsp3) is 0.438. The summed E-state index contributed by atoms with van der Waals surface area (Å²) >= 11 is 3.54. The van der Waals surface area contributed by atoms with Gasteiger partial charge in [-0.3, -0.25) is 0 Å². The summed E-state index contributed by atoms with van der Waals surface area (Å²) in [5.74, 6) is 0.807. The average Bonchev–Trinajstić information content (AvgIpc) is 2.95. The van der Waals surface area contributed by atoms with Gasteiger partial charge < -0.3 is 9.88 Å². The van der Waals surface area contributed by atoms with Crippen LogP contribution in [0.1, 0.15) is 19.3 Å². The number of benzene rings is 1. The number of piperidine rings is 1. The van der Waals surface area contributed by atoms with Crippen LogP contribution >= 0.6 is 15.9 Å². The molecule has 3 nitrogen and oxygen atoms in total. The van der Waals surface area contributed by atoms with E-state index in [1.807, 2.05) is 12.5 Å². The van der Waals surface area contributed by atoms with Gasteiger partial charge in [-0.05, 0) is 50.4 Å². The molecule has 20 heavy (non-hydrogen) atoms. The van der Waals surface area contributed by atoms with E-state index in [9.17, 15) is 0 Å². The molecule has 1 fully saturated rings. The first-order valence-electron chi connectivity index (χ1n) is 7.30. The van der Waals surface area contributed by atoms with Gasteiger partial charge >= 0.3 is 0 Å². The molecule has 0 aliphatic carbocycles. The van der Waals surface area contributed by atoms with Crippen LogP contribution in [0.15, 0.2) is 41.3 Å². The van der Waals surface area contributed by atoms with E-state index in [0.29, 0.717) is 0 Å². The van der Waals surface area contributed by atoms with E-state index in [4.69, 9.17) is 0 Å². The summed E-state index contributed by atoms with van der Waals surface area (Å²) < 4.78 is 3.38. The summed E-state index contributed by atoms with van der Waals surface area (Å²) in [6, 6.07) is 8.41. The maximum atomic E-state index is 4.32. The molecule has 0 spiro atoms. The van der Waals surface area contributed by atoms with Gasteiger partial charge in [0, 0.05) is 16.6 Å². The Morgan fingerprint density at radius 1 is 1.40 bits per heavy atom. The molecular weight excluding hydrogens is 314 g/mol. The van der Waals surface area contributed by atoms with Gasteiger partial charge in [-0.15, -0.1) is 0 Å². The second-order valence-corrected chi connectivity index (χ2v) is 6.40. The fourth-order valence-electron chi connectivity index (χ4n) is 2.88. The number of rotatable bonds is 4. The van der Waals surface area contributed by atoms with Crippen molar-refractivity contribution in [2.75, 3.05) is 13.1 Å². The zero-order valence-corrected chi connectivity index (χ0v) is 13.1. The van der Waals surface area contributed by atoms with Crippen molar-refractivity contribution in [2.24, 2.45) is 5.92 Å². The molecule has 106 valence electrons. The molecule has 1 aromatic carbocycles. The Hall–Kier alpha value is -1.13. The number of nitrogens with one attached hydrogen (secondary N) is 1. The van der Waals surface area contributed by atoms with Crippen molar-refractivity contribution in [3.05, 3.63) is 41.3 Å². The molecule has 0 amide bonds. The summed E-state index contributed by atoms with van der Waals surface area (Å²) in [5, 5.41) is 3.49. The van der Waals surface area contributed by atoms with E-state index < -0.39 is 0 Å². The highest BCUT2D eigenvalue weighted by Crippen LogP contribution is 2.24. The monoisotopic (exact) mass is 333 g/mol. The minimum Gasteiger partial charge on any atom is -0.331 e. The maximum Gasteiger partial charge on any atom is 0.0950 e. The number of aryl methyl sites for hydroxylation is 1. The standard InChI is InChI=1S/C16H20BrN3/c17-15-5-1-4-14(9-15)16-11-19-12-20(16)8-6-13-3-2-7-18-10-13/h1,4-5,9,11-13,18H,2-3,6-8,10H2. The van der Waals surface area contributed by atoms with E-state index in [1.165, 1.54) is 43.6 Å². The molecule has 0 bridgehead atoms. The first kappa shape index (κ1) is 13.8. The Morgan fingerprint density at radius 2 is 2.35 bits per heavy atom. The largest absolute Gasteiger partial charge is 0.331 e. The average molecular weight is 334 g/mol. The van der Waals surface area contributed by atoms with Crippen molar-refractivity contribution < 1.29 is 0 Å². The Balaban J connectivity index is 1.70. The van der Waals surface area contributed by atoms with Crippen molar-refractivity contribution in [1.29, 1.82) is 0 Å². The van der Waals surface area contributed by atoms with Crippen molar-refractivity contribution >= 4 is 15.9 Å². The number of hydrogen-bond acceptors (Lipinski definition) is 2. The molecule has 1 aromatic heterocycles. The maximum absolute atomic E-state index is 4.32. The zero-order valence-electron chi connectivity index (χ0n) is 11.6. The molecule has 1 aliphatic rings. The quantitative estimate of drug-likeness (QED) is 0.924. The topological polar surface area (TPSA) is 29.9 Å². The van der Waals surface area contributed by atoms with Crippen molar-refractivity contribution in [3.63, 3.8) is 0 Å². The smallest absolute Gasteiger partial charge is 0.0950 e. The van der Waals surface area contributed by atoms with E-state index >= 15 is 0 Å². The van der Waals surface area contributed by atoms with E-state index in [-0.39, 0.29) is 0 Å². The summed E-state index contributed by atoms with van der Waals surface area (Å²) in [4.78, 5) is 4.32. The molecule has 2 aromatic rings. The number of halogens is 1. The Labute approximate surface area is 128 Å². The molecule has 0 saturated carbocycles. The van der Waals surface area contributed by atoms with Crippen LogP contribution in [0.4, 0.5) is 0 Å². The Kier molecular flexibility index (Phi) is 4.53. The van der Waals surface area contributed by atoms with Crippen LogP contribution in [-0.2, 0) is 6.54 Å². The third kappa shape index (κ3) is 3.30. The molecule has 1 saturated heterocycles. The molecular formula is C16H20BrN3. The summed E-state index contributed by atoms with van der Waals surface area (Å²) in [6.45, 7) is 3.40. The lowest BCUT2D eigenvalue weighted by atomic mass is 9.96. The lowest BCUT2D eigenvalue weighted by Crippen LogP contribution is -2.30. The highest BCUT2D eigenvalue weighted by atomic mass is 79.9. The molecule has 0 radical (unpaired) electrons. The van der Waals surface area contributed by atoms with Gasteiger partial charge in [-0.25, -0.2) is 4.98 Å². The first-order valence-corrected chi connectivity index (χ1v) is 8.09. The second-order valence-electron chi connectivity index (χ2n) is 5.48. The lowest BCUT2D eigenvalue weighted by Gasteiger charge is -2.23. The predicted octanol–water partition coefficient (Wildman–Crippen LogP) is 3.70. The molecule has 1 atom stereocenters. The van der Waals surface area contributed by atoms with E-state index in [0.717, 1.165) is 16.9 Å². The van der Waals surface area contributed by atoms with E-state index in [1.54, 1.807) is 0 Å². The second kappa shape index (κ2) is 6.55. The molecule has 4 heteroatoms. The molecule has 1 N–H and O–H groups in total. The van der Waals surface area contributed by atoms with Crippen molar-refractivity contribution in [2.45, 2.75) is 25.8 Å². The highest BCUT2D eigenvalue weighted by Gasteiger charge is 2.13. The Bertz CT molecular complexity index is 558. The van der Waals surface area contributed by atoms with Gasteiger partial charge in [-0.1, -0.05) is 28.1 Å². The third-order valence-electron chi connectivity index (χ3n) is 4.01. The minimum absolute atomic E-state index is 0.807. The molecule has 1 aliphatic heterocycles. The normalized spacial score (nSPS) is 19.1. The van der Waals surface area contributed by atoms with Gasteiger partial charge in [0.05, 0.1) is 18.2 Å². The SMILES string of the molecule is Brc1cccc(-c2cncn2CCC2CCCNC2)c1. The predicted molar refractivity (Wildman–Crippen MR) is 85.6 cm³/mol. The van der Waals surface area contributed by atoms with Gasteiger partial charge in [0.2, 0.25) is 0 Å². The minimum atomic E-state index is 0.807. The van der Waals surface area contributed by atoms with Gasteiger partial charge in [0.25, 0.3) is 0 Å². The number of nitrogens with zero attached hydrogens (tertiary/aromatic N) is 2. The van der Waals surface area contributed by atoms with Crippen LogP contribution in [-0.4, -0.2) is 22.6 Å². The van der Waals surface area contributed by atoms with Crippen molar-refractivity contribution in [3.8, 4) is 11.3 Å². The summed E-state index contributed by atoms with van der Waals surface area (Å²) in [6.07, 6.45) is 7.80. The van der Waals surface area contributed by atoms with Crippen LogP contribution in [0.3, 0.4) is 0 Å². The highest BCUT2D eigenvalue weighted by molar-refractivity contribution is 9.10. The summed E-state index contributed by atoms with van der Waals surface area (Å²) in [7, 11) is 0. The van der Waals surface area contributed by atoms with Crippen LogP contribution in [0.2, 0.25) is 0 Å². The van der Waals surface area contributed by atoms with Gasteiger partial charge in [0.1, 0.15) is 0 Å². The van der Waals surface area contributed by atoms with Crippen molar-refractivity contribution in [1.82, 2.24) is 14.9 Å². The van der Waals surface area contributed by atoms with E-state index in [2.05, 4.69) is 55.1 Å². The summed E-state index contributed by atoms with van der Waals surface area (Å²) in [5.41, 5.74) is 2.42. The van der Waals surface area contributed by atoms with Crippen LogP contribution in [0.5, 0.6) is 0 Å². The van der Waals surface area contributed by atoms with Crippen LogP contribution in [0.25, 0.3) is 11.3 Å². The number of imidazole rings is 1. The van der Waals surface area contributed by atoms with Crippen LogP contribution in [0, 0.1) is 5.92 Å². The molecule has 3 rings (SSSR count). The van der Waals surface area contributed by atoms with Gasteiger partial charge in [0.15, 0.2) is 0 Å². The lowest BCUT2D eigenvalue weighted by molar-refractivity contribution is 0.342. The zero-order chi connectivity index (χ0) is 13.8. The molecule has 1 unspecified atom stereocenters. The number of aromatic nitrogens is 2. The fourth-order valence-corrected chi connectivity index (χ4v) is 3.28. The van der Waals surface area contributed by atoms with Gasteiger partial charge in [-0.2, -0.15) is 0 Å². The first-order chi connectivity index (χ1) is 9.83. The van der Waals surface area contributed by atoms with Crippen LogP contribution < -0.4 is 5.32 Å². The molecule has 2 heterocycles. The third-order valence-corrected chi connectivity index (χ3v) is 4.50.